The van der Waals surface area contributed by atoms with Gasteiger partial charge in [-0.15, -0.1) is 0 Å². The standard InChI is InChI=1S/C25H24F6N8O3/c26-17-9-15-13(8-16(17)21-35-19-11-32-4-7-39(19)37-21)3-6-38(23(15)41)5-1-2-14(12-42-24(27)28)34-18-10-33-36-22(40)20(18)25(29,30)31/h3,6,8-10,14,24,32H,1-2,4-5,7,11-12H2,(H2,34,36,40). The first-order valence-corrected chi connectivity index (χ1v) is 12.8. The van der Waals surface area contributed by atoms with E-state index in [2.05, 4.69) is 30.6 Å². The number of aromatic amines is 1. The Morgan fingerprint density at radius 3 is 2.74 bits per heavy atom. The van der Waals surface area contributed by atoms with Crippen LogP contribution in [0.25, 0.3) is 22.2 Å². The van der Waals surface area contributed by atoms with Gasteiger partial charge in [0.05, 0.1) is 42.5 Å². The van der Waals surface area contributed by atoms with Crippen LogP contribution in [0.1, 0.15) is 24.2 Å². The maximum absolute atomic E-state index is 15.1. The second-order valence-electron chi connectivity index (χ2n) is 9.55. The van der Waals surface area contributed by atoms with Gasteiger partial charge in [-0.25, -0.2) is 19.2 Å². The van der Waals surface area contributed by atoms with Crippen LogP contribution in [-0.2, 0) is 30.5 Å². The number of H-pyrrole nitrogens is 1. The number of hydrogen-bond donors (Lipinski definition) is 3. The van der Waals surface area contributed by atoms with Crippen molar-refractivity contribution in [3.05, 3.63) is 68.5 Å². The zero-order chi connectivity index (χ0) is 30.0. The fraction of sp³-hybridized carbons (Fsp3) is 0.400. The molecule has 0 amide bonds. The molecule has 0 aliphatic carbocycles. The van der Waals surface area contributed by atoms with Crippen LogP contribution >= 0.6 is 0 Å². The minimum Gasteiger partial charge on any atom is -0.378 e. The van der Waals surface area contributed by atoms with Crippen LogP contribution in [0.2, 0.25) is 0 Å². The Morgan fingerprint density at radius 2 is 2.00 bits per heavy atom. The Labute approximate surface area is 232 Å². The van der Waals surface area contributed by atoms with Gasteiger partial charge in [0.25, 0.3) is 11.1 Å². The highest BCUT2D eigenvalue weighted by molar-refractivity contribution is 5.86. The first kappa shape index (κ1) is 29.2. The molecule has 0 bridgehead atoms. The summed E-state index contributed by atoms with van der Waals surface area (Å²) in [6.45, 7) is -2.03. The van der Waals surface area contributed by atoms with Gasteiger partial charge in [0.1, 0.15) is 17.2 Å². The molecule has 224 valence electrons. The van der Waals surface area contributed by atoms with Gasteiger partial charge < -0.3 is 19.9 Å². The monoisotopic (exact) mass is 598 g/mol. The Bertz CT molecular complexity index is 1680. The zero-order valence-electron chi connectivity index (χ0n) is 21.7. The number of aryl methyl sites for hydroxylation is 1. The van der Waals surface area contributed by atoms with Crippen LogP contribution in [0.5, 0.6) is 0 Å². The molecule has 0 saturated carbocycles. The Balaban J connectivity index is 1.33. The molecule has 1 atom stereocenters. The van der Waals surface area contributed by atoms with Crippen molar-refractivity contribution < 1.29 is 31.1 Å². The van der Waals surface area contributed by atoms with Crippen LogP contribution in [0.4, 0.5) is 32.0 Å². The fourth-order valence-electron chi connectivity index (χ4n) is 4.74. The summed E-state index contributed by atoms with van der Waals surface area (Å²) in [7, 11) is 0. The molecule has 3 aromatic heterocycles. The molecule has 0 fully saturated rings. The molecule has 3 N–H and O–H groups in total. The molecule has 17 heteroatoms. The van der Waals surface area contributed by atoms with Crippen molar-refractivity contribution in [2.24, 2.45) is 0 Å². The lowest BCUT2D eigenvalue weighted by Crippen LogP contribution is -2.32. The number of pyridine rings is 1. The maximum atomic E-state index is 15.1. The molecule has 0 spiro atoms. The van der Waals surface area contributed by atoms with Crippen LogP contribution in [0.3, 0.4) is 0 Å². The minimum atomic E-state index is -5.04. The third-order valence-electron chi connectivity index (χ3n) is 6.71. The van der Waals surface area contributed by atoms with Gasteiger partial charge in [-0.3, -0.25) is 9.59 Å². The van der Waals surface area contributed by atoms with Crippen molar-refractivity contribution in [1.29, 1.82) is 0 Å². The molecule has 1 aromatic carbocycles. The number of rotatable bonds is 10. The Kier molecular flexibility index (Phi) is 8.31. The summed E-state index contributed by atoms with van der Waals surface area (Å²) in [6.07, 6.45) is -2.73. The smallest absolute Gasteiger partial charge is 0.378 e. The quantitative estimate of drug-likeness (QED) is 0.238. The second-order valence-corrected chi connectivity index (χ2v) is 9.55. The zero-order valence-corrected chi connectivity index (χ0v) is 21.7. The van der Waals surface area contributed by atoms with Crippen molar-refractivity contribution in [3.8, 4) is 11.4 Å². The number of anilines is 1. The van der Waals surface area contributed by atoms with Crippen LogP contribution in [0.15, 0.2) is 40.2 Å². The summed E-state index contributed by atoms with van der Waals surface area (Å²) in [5.41, 5.74) is -4.14. The summed E-state index contributed by atoms with van der Waals surface area (Å²) < 4.78 is 88.0. The highest BCUT2D eigenvalue weighted by Crippen LogP contribution is 2.32. The van der Waals surface area contributed by atoms with Crippen molar-refractivity contribution in [2.75, 3.05) is 18.5 Å². The average Bonchev–Trinajstić information content (AvgIpc) is 3.36. The maximum Gasteiger partial charge on any atom is 0.423 e. The lowest BCUT2D eigenvalue weighted by molar-refractivity contribution is -0.138. The van der Waals surface area contributed by atoms with Gasteiger partial charge in [0, 0.05) is 25.3 Å². The molecular formula is C25H24F6N8O3. The third kappa shape index (κ3) is 6.30. The van der Waals surface area contributed by atoms with Crippen molar-refractivity contribution in [1.82, 2.24) is 34.8 Å². The summed E-state index contributed by atoms with van der Waals surface area (Å²) >= 11 is 0. The number of fused-ring (bicyclic) bond motifs is 2. The molecule has 42 heavy (non-hydrogen) atoms. The molecule has 1 aliphatic heterocycles. The van der Waals surface area contributed by atoms with Crippen molar-refractivity contribution >= 4 is 16.5 Å². The van der Waals surface area contributed by atoms with Gasteiger partial charge in [-0.1, -0.05) is 0 Å². The van der Waals surface area contributed by atoms with E-state index in [0.29, 0.717) is 30.8 Å². The number of hydrogen-bond acceptors (Lipinski definition) is 8. The largest absolute Gasteiger partial charge is 0.423 e. The lowest BCUT2D eigenvalue weighted by Gasteiger charge is -2.22. The van der Waals surface area contributed by atoms with E-state index in [-0.39, 0.29) is 36.2 Å². The highest BCUT2D eigenvalue weighted by atomic mass is 19.4. The van der Waals surface area contributed by atoms with E-state index in [1.54, 1.807) is 15.8 Å². The van der Waals surface area contributed by atoms with E-state index in [1.165, 1.54) is 16.8 Å². The number of halogens is 6. The molecular weight excluding hydrogens is 574 g/mol. The predicted octanol–water partition coefficient (Wildman–Crippen LogP) is 3.10. The molecule has 4 heterocycles. The van der Waals surface area contributed by atoms with E-state index in [9.17, 15) is 31.5 Å². The number of ether oxygens (including phenoxy) is 1. The fourth-order valence-corrected chi connectivity index (χ4v) is 4.74. The molecule has 4 aromatic rings. The first-order chi connectivity index (χ1) is 20.0. The molecule has 1 unspecified atom stereocenters. The van der Waals surface area contributed by atoms with Crippen LogP contribution in [-0.4, -0.2) is 55.3 Å². The first-order valence-electron chi connectivity index (χ1n) is 12.8. The number of nitrogens with one attached hydrogen (secondary N) is 3. The minimum absolute atomic E-state index is 0.0277. The van der Waals surface area contributed by atoms with Gasteiger partial charge in [0.2, 0.25) is 0 Å². The molecule has 11 nitrogen and oxygen atoms in total. The average molecular weight is 599 g/mol. The van der Waals surface area contributed by atoms with Crippen LogP contribution < -0.4 is 21.8 Å². The Hall–Kier alpha value is -4.25. The predicted molar refractivity (Wildman–Crippen MR) is 137 cm³/mol. The van der Waals surface area contributed by atoms with Gasteiger partial charge in [-0.05, 0) is 36.4 Å². The normalized spacial score (nSPS) is 14.4. The van der Waals surface area contributed by atoms with Gasteiger partial charge >= 0.3 is 12.8 Å². The van der Waals surface area contributed by atoms with Gasteiger partial charge in [-0.2, -0.15) is 32.1 Å². The number of benzene rings is 1. The molecule has 5 rings (SSSR count). The van der Waals surface area contributed by atoms with E-state index in [1.807, 2.05) is 0 Å². The van der Waals surface area contributed by atoms with Gasteiger partial charge in [0.15, 0.2) is 5.82 Å². The molecule has 1 aliphatic rings. The second kappa shape index (κ2) is 11.9. The number of aromatic nitrogens is 6. The van der Waals surface area contributed by atoms with E-state index in [0.717, 1.165) is 12.3 Å². The van der Waals surface area contributed by atoms with Crippen molar-refractivity contribution in [2.45, 2.75) is 51.3 Å². The summed E-state index contributed by atoms with van der Waals surface area (Å²) in [6, 6.07) is 3.09. The highest BCUT2D eigenvalue weighted by Gasteiger charge is 2.37. The number of nitrogens with zero attached hydrogens (tertiary/aromatic N) is 5. The summed E-state index contributed by atoms with van der Waals surface area (Å²) in [5.74, 6) is 0.183. The van der Waals surface area contributed by atoms with E-state index >= 15 is 4.39 Å². The summed E-state index contributed by atoms with van der Waals surface area (Å²) in [5, 5.41) is 15.5. The molecule has 0 saturated heterocycles. The van der Waals surface area contributed by atoms with E-state index < -0.39 is 53.6 Å². The third-order valence-corrected chi connectivity index (χ3v) is 6.71. The molecule has 0 radical (unpaired) electrons. The lowest BCUT2D eigenvalue weighted by atomic mass is 10.1. The van der Waals surface area contributed by atoms with Crippen molar-refractivity contribution in [3.63, 3.8) is 0 Å². The van der Waals surface area contributed by atoms with E-state index in [4.69, 9.17) is 0 Å². The SMILES string of the molecule is O=c1[nH]ncc(NC(CCCn2ccc3cc(-c4nc5n(n4)CCNC5)c(F)cc3c2=O)COC(F)F)c1C(F)(F)F. The number of alkyl halides is 5. The van der Waals surface area contributed by atoms with Crippen LogP contribution in [0, 0.1) is 5.82 Å². The summed E-state index contributed by atoms with van der Waals surface area (Å²) in [4.78, 5) is 29.2. The Morgan fingerprint density at radius 1 is 1.19 bits per heavy atom. The topological polar surface area (TPSA) is 132 Å².